The molecule has 2 aromatic heterocycles. The fourth-order valence-corrected chi connectivity index (χ4v) is 3.80. The van der Waals surface area contributed by atoms with E-state index in [0.717, 1.165) is 36.3 Å². The summed E-state index contributed by atoms with van der Waals surface area (Å²) in [6, 6.07) is 9.17. The molecule has 150 valence electrons. The molecule has 29 heavy (non-hydrogen) atoms. The minimum absolute atomic E-state index is 0.0106. The number of likely N-dealkylation sites (tertiary alicyclic amines) is 1. The van der Waals surface area contributed by atoms with Crippen LogP contribution in [0.25, 0.3) is 11.3 Å². The quantitative estimate of drug-likeness (QED) is 0.672. The van der Waals surface area contributed by atoms with Gasteiger partial charge in [-0.1, -0.05) is 11.2 Å². The normalized spacial score (nSPS) is 16.7. The summed E-state index contributed by atoms with van der Waals surface area (Å²) in [7, 11) is 1.60. The summed E-state index contributed by atoms with van der Waals surface area (Å²) < 4.78 is 10.7. The standard InChI is InChI=1S/C22H24N4O3/c1-14-10-20(29-25-14)19-12-23-15(2)24-21(19)17-7-5-9-26(13-17)22(27)16-6-4-8-18(11-16)28-3/h4,6,8,10-12,17H,5,7,9,13H2,1-3H3. The third kappa shape index (κ3) is 3.99. The van der Waals surface area contributed by atoms with E-state index in [-0.39, 0.29) is 11.8 Å². The van der Waals surface area contributed by atoms with Gasteiger partial charge in [-0.15, -0.1) is 0 Å². The molecule has 3 heterocycles. The van der Waals surface area contributed by atoms with Crippen molar-refractivity contribution in [3.63, 3.8) is 0 Å². The van der Waals surface area contributed by atoms with Crippen molar-refractivity contribution in [2.45, 2.75) is 32.6 Å². The Labute approximate surface area is 169 Å². The van der Waals surface area contributed by atoms with Gasteiger partial charge in [0.05, 0.1) is 24.1 Å². The van der Waals surface area contributed by atoms with Crippen molar-refractivity contribution in [3.8, 4) is 17.1 Å². The predicted octanol–water partition coefficient (Wildman–Crippen LogP) is 3.78. The van der Waals surface area contributed by atoms with Crippen LogP contribution in [-0.4, -0.2) is 46.1 Å². The largest absolute Gasteiger partial charge is 0.497 e. The van der Waals surface area contributed by atoms with E-state index in [0.29, 0.717) is 29.4 Å². The Morgan fingerprint density at radius 1 is 1.28 bits per heavy atom. The Kier molecular flexibility index (Phi) is 5.29. The molecule has 1 saturated heterocycles. The Hall–Kier alpha value is -3.22. The SMILES string of the molecule is COc1cccc(C(=O)N2CCCC(c3nc(C)ncc3-c3cc(C)no3)C2)c1. The number of benzene rings is 1. The number of hydrogen-bond acceptors (Lipinski definition) is 6. The summed E-state index contributed by atoms with van der Waals surface area (Å²) >= 11 is 0. The molecule has 1 aliphatic heterocycles. The van der Waals surface area contributed by atoms with Gasteiger partial charge in [0.25, 0.3) is 5.91 Å². The number of aryl methyl sites for hydroxylation is 2. The van der Waals surface area contributed by atoms with Crippen molar-refractivity contribution in [1.82, 2.24) is 20.0 Å². The molecule has 0 saturated carbocycles. The summed E-state index contributed by atoms with van der Waals surface area (Å²) in [4.78, 5) is 24.0. The third-order valence-electron chi connectivity index (χ3n) is 5.24. The van der Waals surface area contributed by atoms with Gasteiger partial charge in [0, 0.05) is 36.8 Å². The predicted molar refractivity (Wildman–Crippen MR) is 108 cm³/mol. The van der Waals surface area contributed by atoms with Crippen LogP contribution in [-0.2, 0) is 0 Å². The van der Waals surface area contributed by atoms with Gasteiger partial charge >= 0.3 is 0 Å². The van der Waals surface area contributed by atoms with Crippen molar-refractivity contribution in [2.24, 2.45) is 0 Å². The zero-order valence-electron chi connectivity index (χ0n) is 16.9. The van der Waals surface area contributed by atoms with E-state index in [9.17, 15) is 4.79 Å². The highest BCUT2D eigenvalue weighted by Crippen LogP contribution is 2.33. The van der Waals surface area contributed by atoms with Crippen molar-refractivity contribution < 1.29 is 14.1 Å². The second-order valence-corrected chi connectivity index (χ2v) is 7.37. The lowest BCUT2D eigenvalue weighted by molar-refractivity contribution is 0.0705. The average molecular weight is 392 g/mol. The van der Waals surface area contributed by atoms with Crippen LogP contribution in [0.2, 0.25) is 0 Å². The smallest absolute Gasteiger partial charge is 0.254 e. The van der Waals surface area contributed by atoms with Crippen LogP contribution >= 0.6 is 0 Å². The molecule has 1 atom stereocenters. The van der Waals surface area contributed by atoms with Gasteiger partial charge in [-0.25, -0.2) is 9.97 Å². The molecule has 4 rings (SSSR count). The Morgan fingerprint density at radius 3 is 2.90 bits per heavy atom. The van der Waals surface area contributed by atoms with Crippen molar-refractivity contribution in [2.75, 3.05) is 20.2 Å². The highest BCUT2D eigenvalue weighted by atomic mass is 16.5. The van der Waals surface area contributed by atoms with Crippen LogP contribution in [0.1, 0.15) is 46.3 Å². The highest BCUT2D eigenvalue weighted by Gasteiger charge is 2.29. The van der Waals surface area contributed by atoms with Crippen LogP contribution in [0.3, 0.4) is 0 Å². The molecule has 0 aliphatic carbocycles. The molecule has 3 aromatic rings. The Morgan fingerprint density at radius 2 is 2.14 bits per heavy atom. The number of amides is 1. The average Bonchev–Trinajstić information content (AvgIpc) is 3.19. The zero-order valence-corrected chi connectivity index (χ0v) is 16.9. The molecule has 7 heteroatoms. The van der Waals surface area contributed by atoms with Gasteiger partial charge in [0.1, 0.15) is 11.6 Å². The van der Waals surface area contributed by atoms with E-state index in [2.05, 4.69) is 10.1 Å². The lowest BCUT2D eigenvalue weighted by atomic mass is 9.91. The summed E-state index contributed by atoms with van der Waals surface area (Å²) in [6.07, 6.45) is 3.66. The van der Waals surface area contributed by atoms with Gasteiger partial charge in [-0.2, -0.15) is 0 Å². The van der Waals surface area contributed by atoms with Gasteiger partial charge in [-0.05, 0) is 44.9 Å². The monoisotopic (exact) mass is 392 g/mol. The fourth-order valence-electron chi connectivity index (χ4n) is 3.80. The number of carbonyl (C=O) groups excluding carboxylic acids is 1. The van der Waals surface area contributed by atoms with Gasteiger partial charge in [0.2, 0.25) is 0 Å². The fraction of sp³-hybridized carbons (Fsp3) is 0.364. The van der Waals surface area contributed by atoms with Crippen molar-refractivity contribution >= 4 is 5.91 Å². The van der Waals surface area contributed by atoms with Gasteiger partial charge in [-0.3, -0.25) is 4.79 Å². The maximum Gasteiger partial charge on any atom is 0.254 e. The van der Waals surface area contributed by atoms with E-state index < -0.39 is 0 Å². The molecular formula is C22H24N4O3. The number of nitrogens with zero attached hydrogens (tertiary/aromatic N) is 4. The highest BCUT2D eigenvalue weighted by molar-refractivity contribution is 5.94. The summed E-state index contributed by atoms with van der Waals surface area (Å²) in [5, 5.41) is 3.99. The lowest BCUT2D eigenvalue weighted by Crippen LogP contribution is -2.39. The molecule has 1 amide bonds. The number of methoxy groups -OCH3 is 1. The first kappa shape index (κ1) is 19.1. The zero-order chi connectivity index (χ0) is 20.4. The number of ether oxygens (including phenoxy) is 1. The first-order valence-corrected chi connectivity index (χ1v) is 9.75. The molecule has 1 aliphatic rings. The van der Waals surface area contributed by atoms with Gasteiger partial charge in [0.15, 0.2) is 5.76 Å². The van der Waals surface area contributed by atoms with E-state index in [4.69, 9.17) is 14.2 Å². The van der Waals surface area contributed by atoms with Crippen LogP contribution in [0.4, 0.5) is 0 Å². The summed E-state index contributed by atoms with van der Waals surface area (Å²) in [5.74, 6) is 2.17. The first-order valence-electron chi connectivity index (χ1n) is 9.75. The Bertz CT molecular complexity index is 1030. The number of aromatic nitrogens is 3. The number of rotatable bonds is 4. The molecule has 1 aromatic carbocycles. The van der Waals surface area contributed by atoms with Crippen LogP contribution in [0.15, 0.2) is 41.1 Å². The van der Waals surface area contributed by atoms with Crippen molar-refractivity contribution in [1.29, 1.82) is 0 Å². The maximum absolute atomic E-state index is 13.1. The molecule has 1 unspecified atom stereocenters. The summed E-state index contributed by atoms with van der Waals surface area (Å²) in [6.45, 7) is 5.09. The molecule has 7 nitrogen and oxygen atoms in total. The van der Waals surface area contributed by atoms with Crippen molar-refractivity contribution in [3.05, 3.63) is 59.3 Å². The second-order valence-electron chi connectivity index (χ2n) is 7.37. The lowest BCUT2D eigenvalue weighted by Gasteiger charge is -2.33. The summed E-state index contributed by atoms with van der Waals surface area (Å²) in [5.41, 5.74) is 3.20. The molecule has 0 bridgehead atoms. The first-order chi connectivity index (χ1) is 14.0. The number of carbonyl (C=O) groups is 1. The number of hydrogen-bond donors (Lipinski definition) is 0. The minimum atomic E-state index is 0.0106. The number of piperidine rings is 1. The van der Waals surface area contributed by atoms with Crippen LogP contribution < -0.4 is 4.74 Å². The Balaban J connectivity index is 1.62. The molecule has 0 radical (unpaired) electrons. The topological polar surface area (TPSA) is 81.4 Å². The van der Waals surface area contributed by atoms with Crippen LogP contribution in [0, 0.1) is 13.8 Å². The molecule has 1 fully saturated rings. The molecule has 0 spiro atoms. The van der Waals surface area contributed by atoms with Gasteiger partial charge < -0.3 is 14.2 Å². The van der Waals surface area contributed by atoms with E-state index in [1.165, 1.54) is 0 Å². The van der Waals surface area contributed by atoms with Crippen LogP contribution in [0.5, 0.6) is 5.75 Å². The minimum Gasteiger partial charge on any atom is -0.497 e. The molecule has 0 N–H and O–H groups in total. The second kappa shape index (κ2) is 8.03. The third-order valence-corrected chi connectivity index (χ3v) is 5.24. The maximum atomic E-state index is 13.1. The van der Waals surface area contributed by atoms with E-state index in [1.54, 1.807) is 19.4 Å². The van der Waals surface area contributed by atoms with E-state index in [1.807, 2.05) is 43.0 Å². The van der Waals surface area contributed by atoms with E-state index >= 15 is 0 Å². The molecular weight excluding hydrogens is 368 g/mol.